The van der Waals surface area contributed by atoms with Crippen molar-refractivity contribution in [2.24, 2.45) is 0 Å². The highest BCUT2D eigenvalue weighted by atomic mass is 79.9. The molecule has 2 amide bonds. The summed E-state index contributed by atoms with van der Waals surface area (Å²) < 4.78 is 0.967. The fourth-order valence-corrected chi connectivity index (χ4v) is 3.37. The van der Waals surface area contributed by atoms with Crippen molar-refractivity contribution in [3.8, 4) is 0 Å². The normalized spacial score (nSPS) is 13.9. The number of hydrogen-bond donors (Lipinski definition) is 1. The van der Waals surface area contributed by atoms with Crippen LogP contribution in [-0.4, -0.2) is 28.6 Å². The summed E-state index contributed by atoms with van der Waals surface area (Å²) in [6, 6.07) is 5.72. The third-order valence-electron chi connectivity index (χ3n) is 3.32. The third-order valence-corrected chi connectivity index (χ3v) is 4.56. The van der Waals surface area contributed by atoms with Crippen molar-refractivity contribution in [2.75, 3.05) is 16.8 Å². The zero-order chi connectivity index (χ0) is 15.7. The van der Waals surface area contributed by atoms with Gasteiger partial charge in [0.2, 0.25) is 16.9 Å². The number of nitrogens with one attached hydrogen (secondary N) is 1. The topological polar surface area (TPSA) is 75.2 Å². The molecule has 0 bridgehead atoms. The van der Waals surface area contributed by atoms with Gasteiger partial charge in [0, 0.05) is 16.6 Å². The first-order valence-corrected chi connectivity index (χ1v) is 8.32. The summed E-state index contributed by atoms with van der Waals surface area (Å²) >= 11 is 4.73. The number of aromatic nitrogens is 2. The average molecular weight is 381 g/mol. The molecule has 0 saturated carbocycles. The molecule has 0 aliphatic carbocycles. The Labute approximate surface area is 139 Å². The first-order valence-electron chi connectivity index (χ1n) is 6.71. The molecule has 0 atom stereocenters. The second kappa shape index (κ2) is 6.13. The smallest absolute Gasteiger partial charge is 0.246 e. The van der Waals surface area contributed by atoms with Gasteiger partial charge in [-0.2, -0.15) is 0 Å². The van der Waals surface area contributed by atoms with Gasteiger partial charge >= 0.3 is 0 Å². The van der Waals surface area contributed by atoms with Crippen LogP contribution in [0.15, 0.2) is 22.7 Å². The average Bonchev–Trinajstić information content (AvgIpc) is 2.87. The van der Waals surface area contributed by atoms with E-state index in [0.717, 1.165) is 20.7 Å². The monoisotopic (exact) mass is 380 g/mol. The molecule has 0 saturated heterocycles. The third kappa shape index (κ3) is 3.17. The maximum Gasteiger partial charge on any atom is 0.246 e. The van der Waals surface area contributed by atoms with Crippen molar-refractivity contribution in [3.05, 3.63) is 33.2 Å². The summed E-state index contributed by atoms with van der Waals surface area (Å²) in [4.78, 5) is 25.8. The number of carbonyl (C=O) groups is 2. The first kappa shape index (κ1) is 15.1. The fraction of sp³-hybridized carbons (Fsp3) is 0.286. The molecular weight excluding hydrogens is 368 g/mol. The van der Waals surface area contributed by atoms with Crippen LogP contribution >= 0.6 is 27.3 Å². The number of carbonyl (C=O) groups excluding carboxylic acids is 2. The summed E-state index contributed by atoms with van der Waals surface area (Å²) in [5.74, 6) is -0.321. The van der Waals surface area contributed by atoms with E-state index in [1.807, 2.05) is 25.1 Å². The molecule has 1 aliphatic rings. The van der Waals surface area contributed by atoms with Gasteiger partial charge in [0.05, 0.1) is 0 Å². The zero-order valence-corrected chi connectivity index (χ0v) is 14.2. The predicted octanol–water partition coefficient (Wildman–Crippen LogP) is 2.53. The van der Waals surface area contributed by atoms with Gasteiger partial charge < -0.3 is 4.90 Å². The quantitative estimate of drug-likeness (QED) is 0.887. The summed E-state index contributed by atoms with van der Waals surface area (Å²) in [5, 5.41) is 11.6. The maximum atomic E-state index is 12.1. The van der Waals surface area contributed by atoms with Crippen LogP contribution in [-0.2, 0) is 16.0 Å². The van der Waals surface area contributed by atoms with E-state index in [4.69, 9.17) is 0 Å². The highest BCUT2D eigenvalue weighted by Crippen LogP contribution is 2.30. The highest BCUT2D eigenvalue weighted by molar-refractivity contribution is 9.10. The van der Waals surface area contributed by atoms with E-state index < -0.39 is 0 Å². The standard InChI is InChI=1S/C14H13BrN4O2S/c1-8-17-18-14(22-8)16-12(20)7-19-11-4-3-10(15)6-9(11)2-5-13(19)21/h3-4,6H,2,5,7H2,1H3,(H,16,18,20). The van der Waals surface area contributed by atoms with Crippen LogP contribution in [0.2, 0.25) is 0 Å². The van der Waals surface area contributed by atoms with E-state index in [2.05, 4.69) is 31.4 Å². The zero-order valence-electron chi connectivity index (χ0n) is 11.8. The van der Waals surface area contributed by atoms with E-state index in [0.29, 0.717) is 18.0 Å². The van der Waals surface area contributed by atoms with E-state index in [9.17, 15) is 9.59 Å². The molecule has 2 heterocycles. The lowest BCUT2D eigenvalue weighted by molar-refractivity contribution is -0.121. The summed E-state index contributed by atoms with van der Waals surface area (Å²) in [6.07, 6.45) is 1.11. The number of rotatable bonds is 3. The molecule has 1 aliphatic heterocycles. The summed E-state index contributed by atoms with van der Waals surface area (Å²) in [7, 11) is 0. The summed E-state index contributed by atoms with van der Waals surface area (Å²) in [6.45, 7) is 1.79. The largest absolute Gasteiger partial charge is 0.303 e. The molecule has 0 fully saturated rings. The van der Waals surface area contributed by atoms with Gasteiger partial charge in [-0.3, -0.25) is 14.9 Å². The van der Waals surface area contributed by atoms with Gasteiger partial charge in [-0.15, -0.1) is 10.2 Å². The Hall–Kier alpha value is -1.80. The van der Waals surface area contributed by atoms with Gasteiger partial charge in [-0.1, -0.05) is 27.3 Å². The van der Waals surface area contributed by atoms with Gasteiger partial charge in [0.15, 0.2) is 0 Å². The lowest BCUT2D eigenvalue weighted by Crippen LogP contribution is -2.40. The second-order valence-corrected chi connectivity index (χ2v) is 7.02. The van der Waals surface area contributed by atoms with Crippen LogP contribution in [0.1, 0.15) is 17.0 Å². The molecule has 3 rings (SSSR count). The Morgan fingerprint density at radius 1 is 1.41 bits per heavy atom. The van der Waals surface area contributed by atoms with Crippen molar-refractivity contribution in [1.82, 2.24) is 10.2 Å². The van der Waals surface area contributed by atoms with Crippen LogP contribution in [0.3, 0.4) is 0 Å². The van der Waals surface area contributed by atoms with Crippen molar-refractivity contribution in [3.63, 3.8) is 0 Å². The molecule has 6 nitrogen and oxygen atoms in total. The predicted molar refractivity (Wildman–Crippen MR) is 88.1 cm³/mol. The van der Waals surface area contributed by atoms with Gasteiger partial charge in [0.1, 0.15) is 11.6 Å². The number of hydrogen-bond acceptors (Lipinski definition) is 5. The van der Waals surface area contributed by atoms with Crippen LogP contribution in [0.25, 0.3) is 0 Å². The molecule has 0 unspecified atom stereocenters. The molecule has 0 radical (unpaired) electrons. The molecule has 1 aromatic carbocycles. The molecule has 8 heteroatoms. The number of anilines is 2. The SMILES string of the molecule is Cc1nnc(NC(=O)CN2C(=O)CCc3cc(Br)ccc32)s1. The number of halogens is 1. The van der Waals surface area contributed by atoms with E-state index in [1.54, 1.807) is 0 Å². The van der Waals surface area contributed by atoms with Gasteiger partial charge in [-0.05, 0) is 37.1 Å². The maximum absolute atomic E-state index is 12.1. The second-order valence-electron chi connectivity index (χ2n) is 4.93. The Bertz CT molecular complexity index is 746. The van der Waals surface area contributed by atoms with E-state index in [1.165, 1.54) is 16.2 Å². The molecule has 1 aromatic heterocycles. The first-order chi connectivity index (χ1) is 10.5. The molecule has 0 spiro atoms. The van der Waals surface area contributed by atoms with Crippen molar-refractivity contribution in [2.45, 2.75) is 19.8 Å². The molecule has 2 aromatic rings. The lowest BCUT2D eigenvalue weighted by atomic mass is 10.0. The number of amides is 2. The van der Waals surface area contributed by atoms with Crippen LogP contribution in [0, 0.1) is 6.92 Å². The van der Waals surface area contributed by atoms with E-state index in [-0.39, 0.29) is 18.4 Å². The number of benzene rings is 1. The fourth-order valence-electron chi connectivity index (χ4n) is 2.35. The Kier molecular flexibility index (Phi) is 4.21. The minimum atomic E-state index is -0.278. The van der Waals surface area contributed by atoms with Gasteiger partial charge in [-0.25, -0.2) is 0 Å². The Balaban J connectivity index is 1.77. The van der Waals surface area contributed by atoms with Crippen LogP contribution in [0.5, 0.6) is 0 Å². The molecule has 22 heavy (non-hydrogen) atoms. The number of nitrogens with zero attached hydrogens (tertiary/aromatic N) is 3. The number of fused-ring (bicyclic) bond motifs is 1. The Morgan fingerprint density at radius 2 is 2.23 bits per heavy atom. The molecule has 114 valence electrons. The van der Waals surface area contributed by atoms with Crippen molar-refractivity contribution >= 4 is 49.9 Å². The lowest BCUT2D eigenvalue weighted by Gasteiger charge is -2.28. The minimum Gasteiger partial charge on any atom is -0.303 e. The van der Waals surface area contributed by atoms with Crippen LogP contribution < -0.4 is 10.2 Å². The molecular formula is C14H13BrN4O2S. The van der Waals surface area contributed by atoms with Crippen molar-refractivity contribution < 1.29 is 9.59 Å². The number of aryl methyl sites for hydroxylation is 2. The molecule has 1 N–H and O–H groups in total. The minimum absolute atomic E-state index is 0.0217. The Morgan fingerprint density at radius 3 is 2.95 bits per heavy atom. The summed E-state index contributed by atoms with van der Waals surface area (Å²) in [5.41, 5.74) is 1.86. The van der Waals surface area contributed by atoms with Crippen LogP contribution in [0.4, 0.5) is 10.8 Å². The van der Waals surface area contributed by atoms with Crippen molar-refractivity contribution in [1.29, 1.82) is 0 Å². The van der Waals surface area contributed by atoms with E-state index >= 15 is 0 Å². The highest BCUT2D eigenvalue weighted by Gasteiger charge is 2.26. The van der Waals surface area contributed by atoms with Gasteiger partial charge in [0.25, 0.3) is 0 Å².